The number of carbonyl (C=O) groups excluding carboxylic acids is 2. The standard InChI is InChI=1S/C25H32N6O4S/c1-13(2)22(19-10-26-15(4)28-19)25(35)31-11-18(33)9-21(31)24(34)27-14(3)16-5-7-17(8-6-16)23-20(12-32)29-30-36-23/h5-8,10,13-14,18-19,21-22,32-33H,9,11-12H2,1-4H3,(H,27,34)/t14-,18+,19?,21-,22+/m0/s1. The van der Waals surface area contributed by atoms with Gasteiger partial charge in [0.05, 0.1) is 35.6 Å². The molecule has 10 nitrogen and oxygen atoms in total. The van der Waals surface area contributed by atoms with Crippen molar-refractivity contribution in [1.82, 2.24) is 19.8 Å². The van der Waals surface area contributed by atoms with Crippen LogP contribution in [0.15, 0.2) is 34.3 Å². The number of aliphatic hydroxyl groups excluding tert-OH is 2. The molecule has 1 saturated heterocycles. The van der Waals surface area contributed by atoms with Crippen LogP contribution < -0.4 is 5.32 Å². The number of nitrogens with one attached hydrogen (secondary N) is 1. The molecule has 0 bridgehead atoms. The quantitative estimate of drug-likeness (QED) is 0.494. The summed E-state index contributed by atoms with van der Waals surface area (Å²) in [6.07, 6.45) is 1.12. The molecule has 36 heavy (non-hydrogen) atoms. The lowest BCUT2D eigenvalue weighted by atomic mass is 9.87. The van der Waals surface area contributed by atoms with Crippen molar-refractivity contribution in [1.29, 1.82) is 0 Å². The van der Waals surface area contributed by atoms with Gasteiger partial charge in [0, 0.05) is 19.2 Å². The third kappa shape index (κ3) is 5.37. The average molecular weight is 513 g/mol. The monoisotopic (exact) mass is 512 g/mol. The fourth-order valence-electron chi connectivity index (χ4n) is 4.81. The number of rotatable bonds is 8. The fourth-order valence-corrected chi connectivity index (χ4v) is 5.48. The van der Waals surface area contributed by atoms with Gasteiger partial charge < -0.3 is 20.4 Å². The van der Waals surface area contributed by atoms with E-state index in [-0.39, 0.29) is 49.4 Å². The normalized spacial score (nSPS) is 23.1. The first-order chi connectivity index (χ1) is 17.2. The molecule has 3 heterocycles. The molecule has 0 radical (unpaired) electrons. The van der Waals surface area contributed by atoms with Gasteiger partial charge in [0.1, 0.15) is 17.6 Å². The molecule has 2 aliphatic rings. The maximum atomic E-state index is 13.6. The predicted molar refractivity (Wildman–Crippen MR) is 138 cm³/mol. The van der Waals surface area contributed by atoms with E-state index in [1.165, 1.54) is 16.4 Å². The number of amides is 2. The molecule has 192 valence electrons. The third-order valence-corrected chi connectivity index (χ3v) is 7.54. The number of hydrogen-bond donors (Lipinski definition) is 3. The molecule has 1 aromatic heterocycles. The molecule has 2 aliphatic heterocycles. The Morgan fingerprint density at radius 3 is 2.56 bits per heavy atom. The van der Waals surface area contributed by atoms with Gasteiger partial charge in [0.15, 0.2) is 0 Å². The molecule has 1 fully saturated rings. The summed E-state index contributed by atoms with van der Waals surface area (Å²) < 4.78 is 3.90. The van der Waals surface area contributed by atoms with Crippen LogP contribution in [0.3, 0.4) is 0 Å². The van der Waals surface area contributed by atoms with E-state index in [0.29, 0.717) is 11.5 Å². The summed E-state index contributed by atoms with van der Waals surface area (Å²) in [5, 5.41) is 26.7. The second-order valence-corrected chi connectivity index (χ2v) is 10.4. The molecule has 0 saturated carbocycles. The molecule has 1 unspecified atom stereocenters. The number of nitrogens with zero attached hydrogens (tertiary/aromatic N) is 5. The van der Waals surface area contributed by atoms with Crippen LogP contribution in [0.1, 0.15) is 51.4 Å². The lowest BCUT2D eigenvalue weighted by Crippen LogP contribution is -2.51. The van der Waals surface area contributed by atoms with Crippen LogP contribution in [-0.2, 0) is 16.2 Å². The van der Waals surface area contributed by atoms with Gasteiger partial charge in [-0.15, -0.1) is 5.10 Å². The van der Waals surface area contributed by atoms with E-state index < -0.39 is 18.1 Å². The topological polar surface area (TPSA) is 140 Å². The van der Waals surface area contributed by atoms with Gasteiger partial charge in [-0.05, 0) is 42.4 Å². The van der Waals surface area contributed by atoms with Gasteiger partial charge >= 0.3 is 0 Å². The number of β-amino-alcohol motifs (C(OH)–C–C–N with tert-alkyl or cyclic N) is 1. The zero-order valence-electron chi connectivity index (χ0n) is 20.8. The Balaban J connectivity index is 1.46. The maximum absolute atomic E-state index is 13.6. The number of carbonyl (C=O) groups is 2. The largest absolute Gasteiger partial charge is 0.391 e. The zero-order chi connectivity index (χ0) is 26.0. The SMILES string of the molecule is CC1=NC([C@H](C(=O)N2C[C@H](O)C[C@H]2C(=O)N[C@@H](C)c2ccc(-c3snnc3CO)cc2)C(C)C)C=N1. The van der Waals surface area contributed by atoms with Crippen molar-refractivity contribution in [3.05, 3.63) is 35.5 Å². The van der Waals surface area contributed by atoms with Gasteiger partial charge in [-0.2, -0.15) is 0 Å². The van der Waals surface area contributed by atoms with Crippen LogP contribution >= 0.6 is 11.5 Å². The minimum Gasteiger partial charge on any atom is -0.391 e. The lowest BCUT2D eigenvalue weighted by Gasteiger charge is -2.31. The van der Waals surface area contributed by atoms with Crippen molar-refractivity contribution in [3.8, 4) is 10.4 Å². The van der Waals surface area contributed by atoms with Crippen molar-refractivity contribution in [2.75, 3.05) is 6.54 Å². The number of benzene rings is 1. The van der Waals surface area contributed by atoms with Crippen molar-refractivity contribution >= 4 is 35.4 Å². The first-order valence-corrected chi connectivity index (χ1v) is 12.9. The number of amidine groups is 1. The van der Waals surface area contributed by atoms with Crippen LogP contribution in [0.2, 0.25) is 0 Å². The Kier molecular flexibility index (Phi) is 7.91. The Morgan fingerprint density at radius 1 is 1.22 bits per heavy atom. The molecule has 0 aliphatic carbocycles. The molecule has 4 rings (SSSR count). The van der Waals surface area contributed by atoms with E-state index in [9.17, 15) is 19.8 Å². The van der Waals surface area contributed by atoms with Crippen molar-refractivity contribution in [2.45, 2.75) is 65.0 Å². The molecule has 1 aromatic carbocycles. The van der Waals surface area contributed by atoms with E-state index in [4.69, 9.17) is 0 Å². The molecular weight excluding hydrogens is 480 g/mol. The molecule has 3 N–H and O–H groups in total. The molecule has 0 spiro atoms. The lowest BCUT2D eigenvalue weighted by molar-refractivity contribution is -0.143. The second kappa shape index (κ2) is 10.9. The highest BCUT2D eigenvalue weighted by Gasteiger charge is 2.44. The summed E-state index contributed by atoms with van der Waals surface area (Å²) in [7, 11) is 0. The summed E-state index contributed by atoms with van der Waals surface area (Å²) in [6, 6.07) is 6.18. The minimum absolute atomic E-state index is 0.0115. The number of aliphatic hydroxyl groups is 2. The van der Waals surface area contributed by atoms with E-state index in [2.05, 4.69) is 24.9 Å². The zero-order valence-corrected chi connectivity index (χ0v) is 21.6. The van der Waals surface area contributed by atoms with Crippen molar-refractivity contribution in [3.63, 3.8) is 0 Å². The molecule has 2 aromatic rings. The van der Waals surface area contributed by atoms with E-state index in [1.807, 2.05) is 45.0 Å². The van der Waals surface area contributed by atoms with E-state index in [0.717, 1.165) is 16.0 Å². The fraction of sp³-hybridized carbons (Fsp3) is 0.520. The van der Waals surface area contributed by atoms with Crippen LogP contribution in [-0.4, -0.2) is 73.3 Å². The molecule has 5 atom stereocenters. The highest BCUT2D eigenvalue weighted by atomic mass is 32.1. The van der Waals surface area contributed by atoms with Crippen LogP contribution in [0, 0.1) is 11.8 Å². The van der Waals surface area contributed by atoms with E-state index in [1.54, 1.807) is 13.1 Å². The van der Waals surface area contributed by atoms with Gasteiger partial charge in [-0.1, -0.05) is 42.6 Å². The Labute approximate surface area is 214 Å². The molecule has 2 amide bonds. The smallest absolute Gasteiger partial charge is 0.243 e. The highest BCUT2D eigenvalue weighted by Crippen LogP contribution is 2.29. The van der Waals surface area contributed by atoms with Crippen LogP contribution in [0.4, 0.5) is 0 Å². The first kappa shape index (κ1) is 26.1. The predicted octanol–water partition coefficient (Wildman–Crippen LogP) is 1.98. The maximum Gasteiger partial charge on any atom is 0.243 e. The van der Waals surface area contributed by atoms with Gasteiger partial charge in [-0.25, -0.2) is 4.99 Å². The Bertz CT molecular complexity index is 1160. The van der Waals surface area contributed by atoms with Crippen LogP contribution in [0.5, 0.6) is 0 Å². The number of aromatic nitrogens is 2. The Hall–Kier alpha value is -3.02. The first-order valence-electron chi connectivity index (χ1n) is 12.1. The molecular formula is C25H32N6O4S. The summed E-state index contributed by atoms with van der Waals surface area (Å²) >= 11 is 1.22. The van der Waals surface area contributed by atoms with Crippen molar-refractivity contribution in [2.24, 2.45) is 21.8 Å². The van der Waals surface area contributed by atoms with Crippen LogP contribution in [0.25, 0.3) is 10.4 Å². The van der Waals surface area contributed by atoms with E-state index >= 15 is 0 Å². The summed E-state index contributed by atoms with van der Waals surface area (Å²) in [5.41, 5.74) is 2.31. The summed E-state index contributed by atoms with van der Waals surface area (Å²) in [5.74, 6) is -0.322. The number of likely N-dealkylation sites (tertiary alicyclic amines) is 1. The second-order valence-electron chi connectivity index (χ2n) is 9.67. The summed E-state index contributed by atoms with van der Waals surface area (Å²) in [4.78, 5) is 37.9. The van der Waals surface area contributed by atoms with Gasteiger partial charge in [0.25, 0.3) is 0 Å². The van der Waals surface area contributed by atoms with Crippen molar-refractivity contribution < 1.29 is 19.8 Å². The average Bonchev–Trinajstić information content (AvgIpc) is 3.58. The minimum atomic E-state index is -0.761. The third-order valence-electron chi connectivity index (χ3n) is 6.72. The number of hydrogen-bond acceptors (Lipinski definition) is 9. The van der Waals surface area contributed by atoms with Gasteiger partial charge in [-0.3, -0.25) is 14.6 Å². The summed E-state index contributed by atoms with van der Waals surface area (Å²) in [6.45, 7) is 7.52. The molecule has 11 heteroatoms. The Morgan fingerprint density at radius 2 is 1.94 bits per heavy atom. The van der Waals surface area contributed by atoms with Gasteiger partial charge in [0.2, 0.25) is 11.8 Å². The highest BCUT2D eigenvalue weighted by molar-refractivity contribution is 7.09. The number of aliphatic imine (C=N–C) groups is 2.